The highest BCUT2D eigenvalue weighted by Crippen LogP contribution is 2.48. The van der Waals surface area contributed by atoms with Crippen LogP contribution in [-0.4, -0.2) is 64.6 Å². The molecule has 0 aliphatic rings. The minimum absolute atomic E-state index is 0.0772. The molecule has 1 atom stereocenters. The lowest BCUT2D eigenvalue weighted by molar-refractivity contribution is -0.152. The third kappa shape index (κ3) is 9.17. The SMILES string of the molecule is CCC(=O)OCOP(=O)(COC(C)Cn1cnc2c(Sc3ccc(OC)cc3)nc(N)nc21)OCOC(=O)CC. The van der Waals surface area contributed by atoms with Crippen LogP contribution < -0.4 is 10.5 Å². The van der Waals surface area contributed by atoms with E-state index in [9.17, 15) is 14.2 Å². The lowest BCUT2D eigenvalue weighted by atomic mass is 10.3. The molecular formula is C24H32N5O9PS. The Hall–Kier alpha value is -3.23. The van der Waals surface area contributed by atoms with Crippen LogP contribution >= 0.6 is 19.4 Å². The average Bonchev–Trinajstić information content (AvgIpc) is 3.34. The van der Waals surface area contributed by atoms with Crippen molar-refractivity contribution in [3.8, 4) is 5.75 Å². The number of aromatic nitrogens is 4. The van der Waals surface area contributed by atoms with Crippen LogP contribution in [0.5, 0.6) is 5.75 Å². The van der Waals surface area contributed by atoms with E-state index in [1.165, 1.54) is 11.8 Å². The molecule has 0 aliphatic heterocycles. The molecule has 218 valence electrons. The third-order valence-corrected chi connectivity index (χ3v) is 7.66. The Morgan fingerprint density at radius 1 is 1.05 bits per heavy atom. The molecule has 2 N–H and O–H groups in total. The van der Waals surface area contributed by atoms with Gasteiger partial charge >= 0.3 is 19.5 Å². The number of nitrogens with zero attached hydrogens (tertiary/aromatic N) is 4. The molecule has 0 saturated carbocycles. The zero-order valence-corrected chi connectivity index (χ0v) is 24.3. The van der Waals surface area contributed by atoms with Crippen LogP contribution in [0, 0.1) is 0 Å². The molecular weight excluding hydrogens is 565 g/mol. The second-order valence-electron chi connectivity index (χ2n) is 8.18. The molecule has 2 heterocycles. The summed E-state index contributed by atoms with van der Waals surface area (Å²) in [5.74, 6) is -0.278. The van der Waals surface area contributed by atoms with Crippen molar-refractivity contribution in [1.29, 1.82) is 0 Å². The summed E-state index contributed by atoms with van der Waals surface area (Å²) in [5.41, 5.74) is 7.03. The summed E-state index contributed by atoms with van der Waals surface area (Å²) < 4.78 is 45.9. The summed E-state index contributed by atoms with van der Waals surface area (Å²) in [5, 5.41) is 0.578. The molecule has 0 spiro atoms. The Bertz CT molecular complexity index is 1310. The molecule has 2 aromatic heterocycles. The van der Waals surface area contributed by atoms with Gasteiger partial charge in [-0.25, -0.2) is 9.97 Å². The first-order chi connectivity index (χ1) is 19.2. The summed E-state index contributed by atoms with van der Waals surface area (Å²) in [6.07, 6.45) is 0.789. The van der Waals surface area contributed by atoms with Crippen LogP contribution in [0.25, 0.3) is 11.2 Å². The minimum Gasteiger partial charge on any atom is -0.497 e. The first kappa shape index (κ1) is 31.3. The van der Waals surface area contributed by atoms with Crippen molar-refractivity contribution in [3.63, 3.8) is 0 Å². The number of anilines is 1. The Kier molecular flexibility index (Phi) is 11.7. The maximum absolute atomic E-state index is 13.2. The number of nitrogen functional groups attached to an aromatic ring is 1. The van der Waals surface area contributed by atoms with Gasteiger partial charge in [0.15, 0.2) is 5.65 Å². The normalized spacial score (nSPS) is 12.3. The van der Waals surface area contributed by atoms with Gasteiger partial charge in [0.25, 0.3) is 0 Å². The van der Waals surface area contributed by atoms with Crippen LogP contribution in [-0.2, 0) is 44.0 Å². The highest BCUT2D eigenvalue weighted by Gasteiger charge is 2.28. The summed E-state index contributed by atoms with van der Waals surface area (Å²) in [4.78, 5) is 36.9. The highest BCUT2D eigenvalue weighted by atomic mass is 32.2. The lowest BCUT2D eigenvalue weighted by Gasteiger charge is -2.21. The van der Waals surface area contributed by atoms with Gasteiger partial charge in [-0.1, -0.05) is 25.6 Å². The van der Waals surface area contributed by atoms with Gasteiger partial charge in [0.05, 0.1) is 26.1 Å². The maximum atomic E-state index is 13.2. The number of esters is 2. The van der Waals surface area contributed by atoms with E-state index in [0.29, 0.717) is 16.2 Å². The number of imidazole rings is 1. The van der Waals surface area contributed by atoms with Crippen molar-refractivity contribution in [2.75, 3.05) is 32.8 Å². The monoisotopic (exact) mass is 597 g/mol. The molecule has 3 rings (SSSR count). The van der Waals surface area contributed by atoms with E-state index in [1.807, 2.05) is 24.3 Å². The van der Waals surface area contributed by atoms with Crippen LogP contribution in [0.3, 0.4) is 0 Å². The van der Waals surface area contributed by atoms with Crippen molar-refractivity contribution in [2.24, 2.45) is 0 Å². The Morgan fingerprint density at radius 3 is 2.25 bits per heavy atom. The number of carbonyl (C=O) groups excluding carboxylic acids is 2. The number of fused-ring (bicyclic) bond motifs is 1. The zero-order valence-electron chi connectivity index (χ0n) is 22.6. The van der Waals surface area contributed by atoms with Crippen molar-refractivity contribution < 1.29 is 42.1 Å². The van der Waals surface area contributed by atoms with E-state index in [-0.39, 0.29) is 25.3 Å². The number of benzene rings is 1. The number of methoxy groups -OCH3 is 1. The predicted molar refractivity (Wildman–Crippen MR) is 145 cm³/mol. The number of hydrogen-bond acceptors (Lipinski definition) is 14. The molecule has 3 aromatic rings. The minimum atomic E-state index is -3.96. The first-order valence-corrected chi connectivity index (χ1v) is 14.8. The zero-order chi connectivity index (χ0) is 29.1. The van der Waals surface area contributed by atoms with E-state index in [1.54, 1.807) is 38.8 Å². The van der Waals surface area contributed by atoms with E-state index >= 15 is 0 Å². The topological polar surface area (TPSA) is 176 Å². The molecule has 1 aromatic carbocycles. The fourth-order valence-electron chi connectivity index (χ4n) is 3.10. The van der Waals surface area contributed by atoms with E-state index in [2.05, 4.69) is 15.0 Å². The molecule has 40 heavy (non-hydrogen) atoms. The summed E-state index contributed by atoms with van der Waals surface area (Å²) >= 11 is 1.38. The lowest BCUT2D eigenvalue weighted by Crippen LogP contribution is -2.19. The second kappa shape index (κ2) is 15.0. The number of ether oxygens (including phenoxy) is 4. The van der Waals surface area contributed by atoms with E-state index < -0.39 is 45.6 Å². The Labute approximate surface area is 235 Å². The maximum Gasteiger partial charge on any atom is 0.361 e. The third-order valence-electron chi connectivity index (χ3n) is 5.21. The summed E-state index contributed by atoms with van der Waals surface area (Å²) in [7, 11) is -2.37. The average molecular weight is 598 g/mol. The van der Waals surface area contributed by atoms with E-state index in [0.717, 1.165) is 10.6 Å². The molecule has 0 aliphatic carbocycles. The second-order valence-corrected chi connectivity index (χ2v) is 11.2. The van der Waals surface area contributed by atoms with Crippen LogP contribution in [0.2, 0.25) is 0 Å². The smallest absolute Gasteiger partial charge is 0.361 e. The predicted octanol–water partition coefficient (Wildman–Crippen LogP) is 3.98. The van der Waals surface area contributed by atoms with Gasteiger partial charge in [-0.05, 0) is 31.2 Å². The number of hydrogen-bond donors (Lipinski definition) is 1. The number of carbonyl (C=O) groups is 2. The molecule has 14 nitrogen and oxygen atoms in total. The van der Waals surface area contributed by atoms with Crippen LogP contribution in [0.15, 0.2) is 40.5 Å². The van der Waals surface area contributed by atoms with E-state index in [4.69, 9.17) is 33.7 Å². The van der Waals surface area contributed by atoms with Gasteiger partial charge < -0.3 is 29.2 Å². The molecule has 0 radical (unpaired) electrons. The fourth-order valence-corrected chi connectivity index (χ4v) is 5.07. The largest absolute Gasteiger partial charge is 0.497 e. The molecule has 0 amide bonds. The van der Waals surface area contributed by atoms with Gasteiger partial charge in [0.2, 0.25) is 19.5 Å². The van der Waals surface area contributed by atoms with Gasteiger partial charge in [0, 0.05) is 17.7 Å². The first-order valence-electron chi connectivity index (χ1n) is 12.3. The number of nitrogens with two attached hydrogens (primary N) is 1. The van der Waals surface area contributed by atoms with Gasteiger partial charge in [-0.15, -0.1) is 0 Å². The molecule has 0 bridgehead atoms. The standard InChI is InChI=1S/C24H32N5O9PS/c1-5-19(30)34-13-37-39(32,38-14-35-20(31)6-2)15-36-16(3)11-29-12-26-21-22(29)27-24(25)28-23(21)40-18-9-7-17(33-4)8-10-18/h7-10,12,16H,5-6,11,13-15H2,1-4H3,(H2,25,27,28). The molecule has 0 fully saturated rings. The van der Waals surface area contributed by atoms with Gasteiger partial charge in [-0.3, -0.25) is 23.2 Å². The van der Waals surface area contributed by atoms with Crippen molar-refractivity contribution in [1.82, 2.24) is 19.5 Å². The molecule has 1 unspecified atom stereocenters. The summed E-state index contributed by atoms with van der Waals surface area (Å²) in [6.45, 7) is 3.98. The molecule has 16 heteroatoms. The van der Waals surface area contributed by atoms with Crippen molar-refractivity contribution in [2.45, 2.75) is 56.2 Å². The van der Waals surface area contributed by atoms with Crippen LogP contribution in [0.4, 0.5) is 5.95 Å². The Balaban J connectivity index is 1.67. The highest BCUT2D eigenvalue weighted by molar-refractivity contribution is 7.99. The number of rotatable bonds is 16. The van der Waals surface area contributed by atoms with Crippen molar-refractivity contribution >= 4 is 48.4 Å². The summed E-state index contributed by atoms with van der Waals surface area (Å²) in [6, 6.07) is 7.48. The van der Waals surface area contributed by atoms with Crippen LogP contribution in [0.1, 0.15) is 33.6 Å². The van der Waals surface area contributed by atoms with Gasteiger partial charge in [-0.2, -0.15) is 4.98 Å². The quantitative estimate of drug-likeness (QED) is 0.109. The Morgan fingerprint density at radius 2 is 1.68 bits per heavy atom. The fraction of sp³-hybridized carbons (Fsp3) is 0.458. The van der Waals surface area contributed by atoms with Crippen molar-refractivity contribution in [3.05, 3.63) is 30.6 Å². The molecule has 0 saturated heterocycles. The van der Waals surface area contributed by atoms with Gasteiger partial charge in [0.1, 0.15) is 22.6 Å².